The van der Waals surface area contributed by atoms with Gasteiger partial charge in [-0.05, 0) is 5.56 Å². The second kappa shape index (κ2) is 6.73. The van der Waals surface area contributed by atoms with E-state index in [0.29, 0.717) is 5.56 Å². The molecular formula is C12H16N2O4. The molecule has 0 bridgehead atoms. The summed E-state index contributed by atoms with van der Waals surface area (Å²) in [5.74, 6) is -2.54. The molecule has 1 amide bonds. The average molecular weight is 252 g/mol. The molecule has 1 rings (SSSR count). The van der Waals surface area contributed by atoms with Crippen LogP contribution in [0.25, 0.3) is 0 Å². The standard InChI is InChI=1S/C12H16N2O4/c13-11(16)10(15)7-14-6-9(12(17)18)8-4-2-1-3-5-8/h1-5,9-10,14-15H,6-7H2,(H2,13,16)(H,17,18). The fraction of sp³-hybridized carbons (Fsp3) is 0.333. The third-order valence-electron chi connectivity index (χ3n) is 2.51. The number of nitrogens with two attached hydrogens (primary N) is 1. The minimum atomic E-state index is -1.31. The van der Waals surface area contributed by atoms with Gasteiger partial charge in [0.2, 0.25) is 5.91 Å². The number of carboxylic acids is 1. The van der Waals surface area contributed by atoms with Crippen LogP contribution in [0.1, 0.15) is 11.5 Å². The minimum Gasteiger partial charge on any atom is -0.481 e. The predicted octanol–water partition coefficient (Wildman–Crippen LogP) is -0.709. The van der Waals surface area contributed by atoms with Crippen LogP contribution in [-0.2, 0) is 9.59 Å². The normalized spacial score (nSPS) is 13.8. The number of nitrogens with one attached hydrogen (secondary N) is 1. The molecule has 0 fully saturated rings. The van der Waals surface area contributed by atoms with Crippen molar-refractivity contribution in [2.75, 3.05) is 13.1 Å². The molecule has 0 saturated carbocycles. The lowest BCUT2D eigenvalue weighted by Gasteiger charge is -2.14. The van der Waals surface area contributed by atoms with Crippen molar-refractivity contribution < 1.29 is 19.8 Å². The second-order valence-electron chi connectivity index (χ2n) is 3.88. The third kappa shape index (κ3) is 4.15. The van der Waals surface area contributed by atoms with Gasteiger partial charge in [-0.1, -0.05) is 30.3 Å². The highest BCUT2D eigenvalue weighted by Crippen LogP contribution is 2.14. The number of aliphatic carboxylic acids is 1. The number of benzene rings is 1. The van der Waals surface area contributed by atoms with E-state index in [2.05, 4.69) is 5.32 Å². The first-order chi connectivity index (χ1) is 8.52. The van der Waals surface area contributed by atoms with Crippen molar-refractivity contribution in [1.29, 1.82) is 0 Å². The number of hydrogen-bond acceptors (Lipinski definition) is 4. The number of aliphatic hydroxyl groups excluding tert-OH is 1. The Morgan fingerprint density at radius 1 is 1.22 bits per heavy atom. The molecule has 0 aliphatic rings. The smallest absolute Gasteiger partial charge is 0.312 e. The van der Waals surface area contributed by atoms with E-state index in [0.717, 1.165) is 0 Å². The van der Waals surface area contributed by atoms with Gasteiger partial charge >= 0.3 is 5.97 Å². The van der Waals surface area contributed by atoms with Crippen molar-refractivity contribution in [2.24, 2.45) is 5.73 Å². The van der Waals surface area contributed by atoms with Gasteiger partial charge in [0.15, 0.2) is 0 Å². The van der Waals surface area contributed by atoms with Gasteiger partial charge in [0, 0.05) is 13.1 Å². The van der Waals surface area contributed by atoms with Crippen molar-refractivity contribution in [3.63, 3.8) is 0 Å². The van der Waals surface area contributed by atoms with Crippen LogP contribution in [0, 0.1) is 0 Å². The van der Waals surface area contributed by atoms with Gasteiger partial charge in [-0.3, -0.25) is 9.59 Å². The Morgan fingerprint density at radius 3 is 2.33 bits per heavy atom. The molecule has 5 N–H and O–H groups in total. The summed E-state index contributed by atoms with van der Waals surface area (Å²) in [7, 11) is 0. The molecule has 6 heteroatoms. The molecule has 0 aliphatic carbocycles. The molecule has 0 heterocycles. The number of rotatable bonds is 7. The zero-order valence-electron chi connectivity index (χ0n) is 9.74. The first-order valence-electron chi connectivity index (χ1n) is 5.48. The Labute approximate surface area is 104 Å². The summed E-state index contributed by atoms with van der Waals surface area (Å²) in [5.41, 5.74) is 5.54. The number of primary amides is 1. The predicted molar refractivity (Wildman–Crippen MR) is 64.9 cm³/mol. The maximum atomic E-state index is 11.1. The summed E-state index contributed by atoms with van der Waals surface area (Å²) in [6.07, 6.45) is -1.31. The SMILES string of the molecule is NC(=O)C(O)CNCC(C(=O)O)c1ccccc1. The molecule has 2 atom stereocenters. The molecule has 0 radical (unpaired) electrons. The molecular weight excluding hydrogens is 236 g/mol. The second-order valence-corrected chi connectivity index (χ2v) is 3.88. The zero-order chi connectivity index (χ0) is 13.5. The number of hydrogen-bond donors (Lipinski definition) is 4. The summed E-state index contributed by atoms with van der Waals surface area (Å²) in [5, 5.41) is 21.0. The van der Waals surface area contributed by atoms with Gasteiger partial charge in [0.25, 0.3) is 0 Å². The van der Waals surface area contributed by atoms with Gasteiger partial charge in [-0.2, -0.15) is 0 Å². The monoisotopic (exact) mass is 252 g/mol. The summed E-state index contributed by atoms with van der Waals surface area (Å²) < 4.78 is 0. The van der Waals surface area contributed by atoms with Gasteiger partial charge < -0.3 is 21.3 Å². The highest BCUT2D eigenvalue weighted by Gasteiger charge is 2.20. The first kappa shape index (κ1) is 14.1. The highest BCUT2D eigenvalue weighted by atomic mass is 16.4. The lowest BCUT2D eigenvalue weighted by molar-refractivity contribution is -0.138. The van der Waals surface area contributed by atoms with E-state index in [1.54, 1.807) is 30.3 Å². The van der Waals surface area contributed by atoms with E-state index < -0.39 is 23.9 Å². The van der Waals surface area contributed by atoms with Crippen molar-refractivity contribution in [3.8, 4) is 0 Å². The van der Waals surface area contributed by atoms with E-state index in [4.69, 9.17) is 15.9 Å². The van der Waals surface area contributed by atoms with Gasteiger partial charge in [-0.15, -0.1) is 0 Å². The molecule has 0 saturated heterocycles. The van der Waals surface area contributed by atoms with Crippen LogP contribution in [0.3, 0.4) is 0 Å². The average Bonchev–Trinajstić information content (AvgIpc) is 2.34. The molecule has 0 spiro atoms. The van der Waals surface area contributed by atoms with Crippen LogP contribution < -0.4 is 11.1 Å². The first-order valence-corrected chi connectivity index (χ1v) is 5.48. The van der Waals surface area contributed by atoms with Crippen LogP contribution in [0.5, 0.6) is 0 Å². The highest BCUT2D eigenvalue weighted by molar-refractivity contribution is 5.79. The number of carbonyl (C=O) groups is 2. The summed E-state index contributed by atoms with van der Waals surface area (Å²) >= 11 is 0. The minimum absolute atomic E-state index is 0.0635. The third-order valence-corrected chi connectivity index (χ3v) is 2.51. The Morgan fingerprint density at radius 2 is 1.83 bits per heavy atom. The maximum Gasteiger partial charge on any atom is 0.312 e. The molecule has 98 valence electrons. The Balaban J connectivity index is 2.55. The van der Waals surface area contributed by atoms with Crippen molar-refractivity contribution in [2.45, 2.75) is 12.0 Å². The Kier molecular flexibility index (Phi) is 5.29. The Bertz CT molecular complexity index is 408. The van der Waals surface area contributed by atoms with Crippen molar-refractivity contribution in [3.05, 3.63) is 35.9 Å². The zero-order valence-corrected chi connectivity index (χ0v) is 9.74. The topological polar surface area (TPSA) is 113 Å². The lowest BCUT2D eigenvalue weighted by atomic mass is 9.99. The van der Waals surface area contributed by atoms with Crippen LogP contribution >= 0.6 is 0 Å². The van der Waals surface area contributed by atoms with E-state index in [1.807, 2.05) is 0 Å². The fourth-order valence-corrected chi connectivity index (χ4v) is 1.50. The molecule has 1 aromatic carbocycles. The quantitative estimate of drug-likeness (QED) is 0.512. The number of aliphatic hydroxyl groups is 1. The lowest BCUT2D eigenvalue weighted by Crippen LogP contribution is -2.39. The van der Waals surface area contributed by atoms with Crippen LogP contribution in [0.15, 0.2) is 30.3 Å². The van der Waals surface area contributed by atoms with Crippen LogP contribution in [0.2, 0.25) is 0 Å². The van der Waals surface area contributed by atoms with E-state index in [-0.39, 0.29) is 13.1 Å². The van der Waals surface area contributed by atoms with Gasteiger partial charge in [0.05, 0.1) is 5.92 Å². The van der Waals surface area contributed by atoms with Crippen LogP contribution in [0.4, 0.5) is 0 Å². The molecule has 1 aromatic rings. The summed E-state index contributed by atoms with van der Waals surface area (Å²) in [4.78, 5) is 21.7. The number of carbonyl (C=O) groups excluding carboxylic acids is 1. The summed E-state index contributed by atoms with van der Waals surface area (Å²) in [6.45, 7) is 0.0512. The van der Waals surface area contributed by atoms with E-state index >= 15 is 0 Å². The molecule has 18 heavy (non-hydrogen) atoms. The van der Waals surface area contributed by atoms with Crippen molar-refractivity contribution >= 4 is 11.9 Å². The number of carboxylic acid groups (broad SMARTS) is 1. The maximum absolute atomic E-state index is 11.1. The van der Waals surface area contributed by atoms with E-state index in [9.17, 15) is 9.59 Å². The van der Waals surface area contributed by atoms with Crippen molar-refractivity contribution in [1.82, 2.24) is 5.32 Å². The van der Waals surface area contributed by atoms with Crippen LogP contribution in [-0.4, -0.2) is 41.3 Å². The summed E-state index contributed by atoms with van der Waals surface area (Å²) in [6, 6.07) is 8.73. The largest absolute Gasteiger partial charge is 0.481 e. The van der Waals surface area contributed by atoms with E-state index in [1.165, 1.54) is 0 Å². The van der Waals surface area contributed by atoms with Gasteiger partial charge in [0.1, 0.15) is 6.10 Å². The Hall–Kier alpha value is -1.92. The molecule has 2 unspecified atom stereocenters. The molecule has 0 aliphatic heterocycles. The number of amides is 1. The molecule has 0 aromatic heterocycles. The molecule has 6 nitrogen and oxygen atoms in total. The van der Waals surface area contributed by atoms with Gasteiger partial charge in [-0.25, -0.2) is 0 Å². The fourth-order valence-electron chi connectivity index (χ4n) is 1.50.